The molecule has 0 spiro atoms. The van der Waals surface area contributed by atoms with Crippen molar-refractivity contribution in [3.63, 3.8) is 0 Å². The lowest BCUT2D eigenvalue weighted by Gasteiger charge is -2.30. The summed E-state index contributed by atoms with van der Waals surface area (Å²) in [5.74, 6) is 1.81. The highest BCUT2D eigenvalue weighted by atomic mass is 32.2. The van der Waals surface area contributed by atoms with E-state index in [1.807, 2.05) is 6.26 Å². The molecule has 1 aliphatic heterocycles. The second kappa shape index (κ2) is 7.69. The Morgan fingerprint density at radius 2 is 2.06 bits per heavy atom. The second-order valence-corrected chi connectivity index (χ2v) is 7.66. The molecular weight excluding hydrogens is 270 g/mol. The molecule has 1 unspecified atom stereocenters. The molecule has 0 radical (unpaired) electrons. The van der Waals surface area contributed by atoms with Crippen molar-refractivity contribution in [2.75, 3.05) is 38.2 Å². The Morgan fingerprint density at radius 3 is 2.56 bits per heavy atom. The Kier molecular flexibility index (Phi) is 6.94. The van der Waals surface area contributed by atoms with Crippen molar-refractivity contribution in [1.82, 2.24) is 9.03 Å². The zero-order valence-corrected chi connectivity index (χ0v) is 12.9. The summed E-state index contributed by atoms with van der Waals surface area (Å²) in [6, 6.07) is 0. The molecule has 5 nitrogen and oxygen atoms in total. The number of rotatable bonds is 7. The topological polar surface area (TPSA) is 75.4 Å². The van der Waals surface area contributed by atoms with Gasteiger partial charge >= 0.3 is 0 Å². The molecule has 0 amide bonds. The molecule has 0 bridgehead atoms. The molecule has 108 valence electrons. The summed E-state index contributed by atoms with van der Waals surface area (Å²) in [5.41, 5.74) is 5.60. The van der Waals surface area contributed by atoms with Crippen LogP contribution >= 0.6 is 11.8 Å². The van der Waals surface area contributed by atoms with E-state index >= 15 is 0 Å². The van der Waals surface area contributed by atoms with E-state index in [1.165, 1.54) is 0 Å². The molecule has 18 heavy (non-hydrogen) atoms. The minimum absolute atomic E-state index is 0.358. The van der Waals surface area contributed by atoms with Crippen LogP contribution in [-0.4, -0.2) is 50.9 Å². The van der Waals surface area contributed by atoms with Gasteiger partial charge in [-0.25, -0.2) is 4.72 Å². The fourth-order valence-corrected chi connectivity index (χ4v) is 4.12. The van der Waals surface area contributed by atoms with Crippen molar-refractivity contribution in [3.8, 4) is 0 Å². The van der Waals surface area contributed by atoms with Gasteiger partial charge in [0.1, 0.15) is 0 Å². The molecule has 1 heterocycles. The first-order valence-corrected chi connectivity index (χ1v) is 9.26. The SMILES string of the molecule is CSCC(C)CNS(=O)(=O)N1CCC(CN)CC1. The second-order valence-electron chi connectivity index (χ2n) is 4.99. The van der Waals surface area contributed by atoms with Gasteiger partial charge in [0, 0.05) is 19.6 Å². The van der Waals surface area contributed by atoms with Crippen LogP contribution in [0.3, 0.4) is 0 Å². The van der Waals surface area contributed by atoms with E-state index in [1.54, 1.807) is 16.1 Å². The first-order valence-electron chi connectivity index (χ1n) is 6.43. The molecule has 0 aliphatic carbocycles. The molecule has 3 N–H and O–H groups in total. The third kappa shape index (κ3) is 5.05. The van der Waals surface area contributed by atoms with Gasteiger partial charge in [-0.15, -0.1) is 0 Å². The monoisotopic (exact) mass is 295 g/mol. The van der Waals surface area contributed by atoms with Crippen LogP contribution < -0.4 is 10.5 Å². The van der Waals surface area contributed by atoms with Crippen LogP contribution in [0.4, 0.5) is 0 Å². The first kappa shape index (κ1) is 16.2. The fraction of sp³-hybridized carbons (Fsp3) is 1.00. The Bertz CT molecular complexity index is 327. The Labute approximate surface area is 115 Å². The first-order chi connectivity index (χ1) is 8.49. The zero-order valence-electron chi connectivity index (χ0n) is 11.3. The quantitative estimate of drug-likeness (QED) is 0.717. The standard InChI is InChI=1S/C11H25N3O2S2/c1-10(9-17-2)8-13-18(15,16)14-5-3-11(7-12)4-6-14/h10-11,13H,3-9,12H2,1-2H3. The molecule has 0 saturated carbocycles. The van der Waals surface area contributed by atoms with Crippen molar-refractivity contribution in [2.45, 2.75) is 19.8 Å². The fourth-order valence-electron chi connectivity index (χ4n) is 2.07. The maximum Gasteiger partial charge on any atom is 0.279 e. The number of hydrogen-bond donors (Lipinski definition) is 2. The van der Waals surface area contributed by atoms with Gasteiger partial charge in [0.15, 0.2) is 0 Å². The predicted octanol–water partition coefficient (Wildman–Crippen LogP) is 0.491. The van der Waals surface area contributed by atoms with Gasteiger partial charge in [-0.05, 0) is 43.2 Å². The lowest BCUT2D eigenvalue weighted by molar-refractivity contribution is 0.275. The van der Waals surface area contributed by atoms with E-state index in [0.717, 1.165) is 18.6 Å². The van der Waals surface area contributed by atoms with E-state index in [9.17, 15) is 8.42 Å². The molecule has 1 saturated heterocycles. The van der Waals surface area contributed by atoms with Gasteiger partial charge in [0.05, 0.1) is 0 Å². The average Bonchev–Trinajstić information content (AvgIpc) is 2.37. The molecule has 7 heteroatoms. The van der Waals surface area contributed by atoms with Crippen molar-refractivity contribution in [2.24, 2.45) is 17.6 Å². The summed E-state index contributed by atoms with van der Waals surface area (Å²) in [4.78, 5) is 0. The minimum Gasteiger partial charge on any atom is -0.330 e. The van der Waals surface area contributed by atoms with Gasteiger partial charge in [-0.1, -0.05) is 6.92 Å². The average molecular weight is 295 g/mol. The van der Waals surface area contributed by atoms with Crippen LogP contribution in [0.2, 0.25) is 0 Å². The van der Waals surface area contributed by atoms with E-state index in [4.69, 9.17) is 5.73 Å². The molecule has 0 aromatic rings. The van der Waals surface area contributed by atoms with Crippen LogP contribution in [-0.2, 0) is 10.2 Å². The number of nitrogens with two attached hydrogens (primary N) is 1. The van der Waals surface area contributed by atoms with Crippen LogP contribution in [0, 0.1) is 11.8 Å². The summed E-state index contributed by atoms with van der Waals surface area (Å²) >= 11 is 1.74. The van der Waals surface area contributed by atoms with Crippen LogP contribution in [0.1, 0.15) is 19.8 Å². The molecule has 0 aromatic carbocycles. The highest BCUT2D eigenvalue weighted by Crippen LogP contribution is 2.17. The summed E-state index contributed by atoms with van der Waals surface area (Å²) in [5, 5.41) is 0. The number of piperidine rings is 1. The van der Waals surface area contributed by atoms with Crippen LogP contribution in [0.25, 0.3) is 0 Å². The summed E-state index contributed by atoms with van der Waals surface area (Å²) in [6.07, 6.45) is 3.78. The molecule has 1 fully saturated rings. The molecule has 0 aromatic heterocycles. The third-order valence-electron chi connectivity index (χ3n) is 3.31. The number of thioether (sulfide) groups is 1. The van der Waals surface area contributed by atoms with E-state index in [-0.39, 0.29) is 0 Å². The number of nitrogens with zero attached hydrogens (tertiary/aromatic N) is 1. The normalized spacial score (nSPS) is 21.1. The van der Waals surface area contributed by atoms with E-state index in [0.29, 0.717) is 38.0 Å². The predicted molar refractivity (Wildman–Crippen MR) is 77.8 cm³/mol. The smallest absolute Gasteiger partial charge is 0.279 e. The minimum atomic E-state index is -3.30. The van der Waals surface area contributed by atoms with Gasteiger partial charge in [0.2, 0.25) is 0 Å². The Balaban J connectivity index is 2.40. The lowest BCUT2D eigenvalue weighted by atomic mass is 9.99. The van der Waals surface area contributed by atoms with E-state index in [2.05, 4.69) is 11.6 Å². The number of hydrogen-bond acceptors (Lipinski definition) is 4. The lowest BCUT2D eigenvalue weighted by Crippen LogP contribution is -2.46. The molecular formula is C11H25N3O2S2. The van der Waals surface area contributed by atoms with E-state index < -0.39 is 10.2 Å². The molecule has 1 atom stereocenters. The third-order valence-corrected chi connectivity index (χ3v) is 5.79. The van der Waals surface area contributed by atoms with Crippen LogP contribution in [0.15, 0.2) is 0 Å². The molecule has 1 rings (SSSR count). The van der Waals surface area contributed by atoms with Gasteiger partial charge < -0.3 is 5.73 Å². The van der Waals surface area contributed by atoms with Crippen molar-refractivity contribution < 1.29 is 8.42 Å². The summed E-state index contributed by atoms with van der Waals surface area (Å²) < 4.78 is 28.4. The highest BCUT2D eigenvalue weighted by molar-refractivity contribution is 7.98. The van der Waals surface area contributed by atoms with Gasteiger partial charge in [-0.2, -0.15) is 24.5 Å². The van der Waals surface area contributed by atoms with Crippen molar-refractivity contribution in [3.05, 3.63) is 0 Å². The Hall–Kier alpha value is 0.180. The van der Waals surface area contributed by atoms with Crippen molar-refractivity contribution in [1.29, 1.82) is 0 Å². The summed E-state index contributed by atoms with van der Waals surface area (Å²) in [6.45, 7) is 4.41. The van der Waals surface area contributed by atoms with Crippen molar-refractivity contribution >= 4 is 22.0 Å². The molecule has 1 aliphatic rings. The Morgan fingerprint density at radius 1 is 1.44 bits per heavy atom. The van der Waals surface area contributed by atoms with Gasteiger partial charge in [0.25, 0.3) is 10.2 Å². The number of nitrogens with one attached hydrogen (secondary N) is 1. The summed E-state index contributed by atoms with van der Waals surface area (Å²) in [7, 11) is -3.30. The maximum absolute atomic E-state index is 12.1. The zero-order chi connectivity index (χ0) is 13.6. The largest absolute Gasteiger partial charge is 0.330 e. The maximum atomic E-state index is 12.1. The van der Waals surface area contributed by atoms with Crippen LogP contribution in [0.5, 0.6) is 0 Å². The highest BCUT2D eigenvalue weighted by Gasteiger charge is 2.27. The van der Waals surface area contributed by atoms with Gasteiger partial charge in [-0.3, -0.25) is 0 Å².